The topological polar surface area (TPSA) is 0 Å². The normalized spacial score (nSPS) is 11.1. The van der Waals surface area contributed by atoms with E-state index in [-0.39, 0.29) is 0 Å². The van der Waals surface area contributed by atoms with Crippen molar-refractivity contribution >= 4 is 30.8 Å². The summed E-state index contributed by atoms with van der Waals surface area (Å²) in [5.74, 6) is 0. The first-order valence-corrected chi connectivity index (χ1v) is 11.5. The van der Waals surface area contributed by atoms with E-state index in [2.05, 4.69) is 62.4 Å². The summed E-state index contributed by atoms with van der Waals surface area (Å²) >= 11 is 6.35. The van der Waals surface area contributed by atoms with Gasteiger partial charge in [-0.3, -0.25) is 0 Å². The molecule has 0 fully saturated rings. The predicted molar refractivity (Wildman–Crippen MR) is 107 cm³/mol. The van der Waals surface area contributed by atoms with Crippen LogP contribution in [0.25, 0.3) is 0 Å². The zero-order valence-corrected chi connectivity index (χ0v) is 16.4. The fourth-order valence-electron chi connectivity index (χ4n) is 2.97. The third kappa shape index (κ3) is 5.51. The summed E-state index contributed by atoms with van der Waals surface area (Å²) in [6.07, 6.45) is 7.44. The predicted octanol–water partition coefficient (Wildman–Crippen LogP) is 4.49. The largest absolute Gasteiger partial charge is 0.130 e. The van der Waals surface area contributed by atoms with Crippen LogP contribution < -0.4 is 10.4 Å². The first kappa shape index (κ1) is 18.3. The number of benzene rings is 2. The first-order chi connectivity index (χ1) is 11.3. The van der Waals surface area contributed by atoms with Crippen molar-refractivity contribution in [3.8, 4) is 0 Å². The van der Waals surface area contributed by atoms with Gasteiger partial charge in [0, 0.05) is 5.50 Å². The molecular formula is C21H29ClSi. The number of rotatable bonds is 9. The maximum Gasteiger partial charge on any atom is 0.117 e. The molecule has 0 heterocycles. The Morgan fingerprint density at radius 3 is 1.39 bits per heavy atom. The van der Waals surface area contributed by atoms with Gasteiger partial charge in [0.2, 0.25) is 0 Å². The molecule has 0 saturated heterocycles. The van der Waals surface area contributed by atoms with Gasteiger partial charge in [0.1, 0.15) is 8.80 Å². The second-order valence-corrected chi connectivity index (χ2v) is 10.1. The summed E-state index contributed by atoms with van der Waals surface area (Å²) in [7, 11) is -1.26. The summed E-state index contributed by atoms with van der Waals surface area (Å²) in [6, 6.07) is 18.5. The van der Waals surface area contributed by atoms with Gasteiger partial charge in [0.25, 0.3) is 0 Å². The van der Waals surface area contributed by atoms with Gasteiger partial charge in [-0.1, -0.05) is 85.6 Å². The molecule has 2 aromatic carbocycles. The average Bonchev–Trinajstić information content (AvgIpc) is 2.61. The lowest BCUT2D eigenvalue weighted by Gasteiger charge is -2.15. The van der Waals surface area contributed by atoms with Gasteiger partial charge in [-0.25, -0.2) is 0 Å². The van der Waals surface area contributed by atoms with E-state index in [1.54, 1.807) is 0 Å². The van der Waals surface area contributed by atoms with Crippen LogP contribution in [0.1, 0.15) is 50.7 Å². The van der Waals surface area contributed by atoms with Crippen molar-refractivity contribution < 1.29 is 0 Å². The van der Waals surface area contributed by atoms with E-state index >= 15 is 0 Å². The molecule has 0 nitrogen and oxygen atoms in total. The Morgan fingerprint density at radius 1 is 0.696 bits per heavy atom. The molecule has 124 valence electrons. The molecule has 0 aliphatic heterocycles. The van der Waals surface area contributed by atoms with Gasteiger partial charge in [0.15, 0.2) is 0 Å². The van der Waals surface area contributed by atoms with E-state index in [1.807, 2.05) is 0 Å². The van der Waals surface area contributed by atoms with E-state index in [4.69, 9.17) is 11.6 Å². The Bertz CT molecular complexity index is 508. The molecule has 23 heavy (non-hydrogen) atoms. The molecule has 0 amide bonds. The zero-order valence-electron chi connectivity index (χ0n) is 14.5. The Morgan fingerprint density at radius 2 is 1.09 bits per heavy atom. The van der Waals surface area contributed by atoms with Crippen LogP contribution in [0.15, 0.2) is 48.5 Å². The molecule has 2 aromatic rings. The highest BCUT2D eigenvalue weighted by atomic mass is 35.5. The first-order valence-electron chi connectivity index (χ1n) is 9.02. The molecule has 0 saturated carbocycles. The van der Waals surface area contributed by atoms with Crippen LogP contribution in [0.5, 0.6) is 0 Å². The molecule has 0 N–H and O–H groups in total. The number of unbranched alkanes of at least 4 members (excludes halogenated alkanes) is 2. The summed E-state index contributed by atoms with van der Waals surface area (Å²) in [6.45, 7) is 4.49. The van der Waals surface area contributed by atoms with Gasteiger partial charge < -0.3 is 0 Å². The number of aryl methyl sites for hydroxylation is 2. The van der Waals surface area contributed by atoms with Crippen molar-refractivity contribution in [3.05, 3.63) is 59.7 Å². The van der Waals surface area contributed by atoms with Crippen LogP contribution in [0.4, 0.5) is 0 Å². The minimum atomic E-state index is -1.26. The van der Waals surface area contributed by atoms with Gasteiger partial charge in [-0.2, -0.15) is 0 Å². The maximum atomic E-state index is 6.35. The lowest BCUT2D eigenvalue weighted by molar-refractivity contribution is 0.795. The Balaban J connectivity index is 2.09. The van der Waals surface area contributed by atoms with Gasteiger partial charge in [0.05, 0.1) is 0 Å². The Hall–Kier alpha value is -1.05. The third-order valence-electron chi connectivity index (χ3n) is 4.56. The van der Waals surface area contributed by atoms with E-state index in [9.17, 15) is 0 Å². The van der Waals surface area contributed by atoms with Crippen molar-refractivity contribution in [2.24, 2.45) is 0 Å². The van der Waals surface area contributed by atoms with Crippen LogP contribution in [0.3, 0.4) is 0 Å². The molecule has 0 unspecified atom stereocenters. The van der Waals surface area contributed by atoms with Crippen LogP contribution in [-0.4, -0.2) is 14.3 Å². The number of hydrogen-bond acceptors (Lipinski definition) is 0. The van der Waals surface area contributed by atoms with E-state index in [1.165, 1.54) is 60.0 Å². The molecule has 0 aliphatic carbocycles. The minimum Gasteiger partial charge on any atom is -0.130 e. The molecular weight excluding hydrogens is 316 g/mol. The molecule has 0 aromatic heterocycles. The van der Waals surface area contributed by atoms with Crippen molar-refractivity contribution in [2.45, 2.75) is 52.4 Å². The quantitative estimate of drug-likeness (QED) is 0.464. The molecule has 0 aliphatic rings. The lowest BCUT2D eigenvalue weighted by atomic mass is 10.1. The van der Waals surface area contributed by atoms with Gasteiger partial charge in [-0.05, 0) is 36.8 Å². The smallest absolute Gasteiger partial charge is 0.117 e. The Labute approximate surface area is 148 Å². The highest BCUT2D eigenvalue weighted by Crippen LogP contribution is 2.06. The van der Waals surface area contributed by atoms with Crippen molar-refractivity contribution in [2.75, 3.05) is 5.50 Å². The van der Waals surface area contributed by atoms with Crippen LogP contribution >= 0.6 is 11.6 Å². The molecule has 0 spiro atoms. The molecule has 2 heteroatoms. The van der Waals surface area contributed by atoms with Gasteiger partial charge in [-0.15, -0.1) is 11.6 Å². The SMILES string of the molecule is CCCCc1ccc([SiH](CCl)c2ccc(CCCC)cc2)cc1. The van der Waals surface area contributed by atoms with Crippen molar-refractivity contribution in [3.63, 3.8) is 0 Å². The van der Waals surface area contributed by atoms with E-state index in [0.717, 1.165) is 5.50 Å². The minimum absolute atomic E-state index is 0.766. The summed E-state index contributed by atoms with van der Waals surface area (Å²) in [5.41, 5.74) is 3.67. The standard InChI is InChI=1S/C21H29ClSi/c1-3-5-7-18-9-13-20(14-10-18)23(17-22)21-15-11-19(12-16-21)8-6-4-2/h9-16,23H,3-8,17H2,1-2H3. The second-order valence-electron chi connectivity index (χ2n) is 6.40. The molecule has 0 atom stereocenters. The highest BCUT2D eigenvalue weighted by molar-refractivity contribution is 6.89. The fraction of sp³-hybridized carbons (Fsp3) is 0.429. The van der Waals surface area contributed by atoms with Crippen LogP contribution in [-0.2, 0) is 12.8 Å². The fourth-order valence-corrected chi connectivity index (χ4v) is 6.09. The van der Waals surface area contributed by atoms with E-state index < -0.39 is 8.80 Å². The second kappa shape index (κ2) is 9.95. The highest BCUT2D eigenvalue weighted by Gasteiger charge is 2.15. The third-order valence-corrected chi connectivity index (χ3v) is 8.17. The average molecular weight is 345 g/mol. The Kier molecular flexibility index (Phi) is 7.91. The number of halogens is 1. The summed E-state index contributed by atoms with van der Waals surface area (Å²) in [5, 5.41) is 2.92. The summed E-state index contributed by atoms with van der Waals surface area (Å²) in [4.78, 5) is 0. The molecule has 2 rings (SSSR count). The van der Waals surface area contributed by atoms with Crippen molar-refractivity contribution in [1.29, 1.82) is 0 Å². The van der Waals surface area contributed by atoms with Crippen LogP contribution in [0.2, 0.25) is 0 Å². The van der Waals surface area contributed by atoms with E-state index in [0.29, 0.717) is 0 Å². The van der Waals surface area contributed by atoms with Crippen LogP contribution in [0, 0.1) is 0 Å². The summed E-state index contributed by atoms with van der Waals surface area (Å²) < 4.78 is 0. The number of hydrogen-bond donors (Lipinski definition) is 0. The zero-order chi connectivity index (χ0) is 16.5. The van der Waals surface area contributed by atoms with Gasteiger partial charge >= 0.3 is 0 Å². The molecule has 0 radical (unpaired) electrons. The number of alkyl halides is 1. The monoisotopic (exact) mass is 344 g/mol. The maximum absolute atomic E-state index is 6.35. The van der Waals surface area contributed by atoms with Crippen molar-refractivity contribution in [1.82, 2.24) is 0 Å². The lowest BCUT2D eigenvalue weighted by Crippen LogP contribution is -2.44. The molecule has 0 bridgehead atoms.